The van der Waals surface area contributed by atoms with E-state index in [1.807, 2.05) is 30.3 Å². The summed E-state index contributed by atoms with van der Waals surface area (Å²) in [6.45, 7) is 0.738. The Morgan fingerprint density at radius 2 is 1.95 bits per heavy atom. The van der Waals surface area contributed by atoms with Crippen LogP contribution >= 0.6 is 0 Å². The summed E-state index contributed by atoms with van der Waals surface area (Å²) >= 11 is 0. The molecule has 0 aromatic heterocycles. The average Bonchev–Trinajstić information content (AvgIpc) is 2.52. The van der Waals surface area contributed by atoms with Crippen LogP contribution in [0.4, 0.5) is 4.79 Å². The highest BCUT2D eigenvalue weighted by molar-refractivity contribution is 5.75. The Morgan fingerprint density at radius 1 is 1.24 bits per heavy atom. The minimum atomic E-state index is -0.597. The van der Waals surface area contributed by atoms with Gasteiger partial charge in [0.1, 0.15) is 12.6 Å². The number of methoxy groups -OCH3 is 1. The SMILES string of the molecule is COC(=O)C(N)CCCCNC(=O)OCc1ccccc1. The summed E-state index contributed by atoms with van der Waals surface area (Å²) in [6, 6.07) is 8.87. The Kier molecular flexibility index (Phi) is 7.89. The smallest absolute Gasteiger partial charge is 0.407 e. The Morgan fingerprint density at radius 3 is 2.62 bits per heavy atom. The Bertz CT molecular complexity index is 437. The summed E-state index contributed by atoms with van der Waals surface area (Å²) in [6.07, 6.45) is 1.55. The zero-order valence-electron chi connectivity index (χ0n) is 12.2. The van der Waals surface area contributed by atoms with Gasteiger partial charge >= 0.3 is 12.1 Å². The van der Waals surface area contributed by atoms with Crippen LogP contribution in [0.25, 0.3) is 0 Å². The molecule has 0 saturated carbocycles. The molecule has 21 heavy (non-hydrogen) atoms. The zero-order chi connectivity index (χ0) is 15.5. The lowest BCUT2D eigenvalue weighted by atomic mass is 10.1. The van der Waals surface area contributed by atoms with Crippen molar-refractivity contribution >= 4 is 12.1 Å². The van der Waals surface area contributed by atoms with Crippen molar-refractivity contribution in [3.63, 3.8) is 0 Å². The molecule has 0 aliphatic carbocycles. The Hall–Kier alpha value is -2.08. The number of hydrogen-bond acceptors (Lipinski definition) is 5. The van der Waals surface area contributed by atoms with Crippen molar-refractivity contribution in [2.75, 3.05) is 13.7 Å². The number of unbranched alkanes of at least 4 members (excludes halogenated alkanes) is 1. The zero-order valence-corrected chi connectivity index (χ0v) is 12.2. The number of hydrogen-bond donors (Lipinski definition) is 2. The van der Waals surface area contributed by atoms with Crippen LogP contribution in [0.15, 0.2) is 30.3 Å². The van der Waals surface area contributed by atoms with Gasteiger partial charge in [0.05, 0.1) is 7.11 Å². The van der Waals surface area contributed by atoms with Crippen LogP contribution < -0.4 is 11.1 Å². The summed E-state index contributed by atoms with van der Waals surface area (Å²) in [4.78, 5) is 22.5. The molecule has 1 rings (SSSR count). The van der Waals surface area contributed by atoms with Gasteiger partial charge in [-0.1, -0.05) is 30.3 Å². The minimum absolute atomic E-state index is 0.250. The quantitative estimate of drug-likeness (QED) is 0.561. The fourth-order valence-electron chi connectivity index (χ4n) is 1.72. The van der Waals surface area contributed by atoms with Gasteiger partial charge in [-0.25, -0.2) is 4.79 Å². The van der Waals surface area contributed by atoms with Gasteiger partial charge in [-0.3, -0.25) is 4.79 Å². The van der Waals surface area contributed by atoms with Crippen LogP contribution in [0.3, 0.4) is 0 Å². The molecular weight excluding hydrogens is 272 g/mol. The van der Waals surface area contributed by atoms with Crippen LogP contribution in [-0.4, -0.2) is 31.8 Å². The third-order valence-electron chi connectivity index (χ3n) is 2.93. The molecule has 1 aromatic carbocycles. The van der Waals surface area contributed by atoms with Crippen molar-refractivity contribution in [1.82, 2.24) is 5.32 Å². The molecule has 3 N–H and O–H groups in total. The van der Waals surface area contributed by atoms with Crippen molar-refractivity contribution in [2.24, 2.45) is 5.73 Å². The standard InChI is InChI=1S/C15H22N2O4/c1-20-14(18)13(16)9-5-6-10-17-15(19)21-11-12-7-3-2-4-8-12/h2-4,7-8,13H,5-6,9-11,16H2,1H3,(H,17,19). The van der Waals surface area contributed by atoms with Gasteiger partial charge < -0.3 is 20.5 Å². The molecule has 1 aromatic rings. The van der Waals surface area contributed by atoms with E-state index in [9.17, 15) is 9.59 Å². The first-order valence-corrected chi connectivity index (χ1v) is 6.91. The van der Waals surface area contributed by atoms with Crippen LogP contribution in [-0.2, 0) is 20.9 Å². The van der Waals surface area contributed by atoms with E-state index < -0.39 is 18.1 Å². The van der Waals surface area contributed by atoms with Crippen molar-refractivity contribution < 1.29 is 19.1 Å². The number of alkyl carbamates (subject to hydrolysis) is 1. The summed E-state index contributed by atoms with van der Waals surface area (Å²) in [5.41, 5.74) is 6.54. The van der Waals surface area contributed by atoms with Gasteiger partial charge in [-0.15, -0.1) is 0 Å². The van der Waals surface area contributed by atoms with Crippen LogP contribution in [0.5, 0.6) is 0 Å². The minimum Gasteiger partial charge on any atom is -0.468 e. The predicted molar refractivity (Wildman–Crippen MR) is 78.5 cm³/mol. The average molecular weight is 294 g/mol. The molecule has 6 heteroatoms. The number of ether oxygens (including phenoxy) is 2. The maximum atomic E-state index is 11.4. The van der Waals surface area contributed by atoms with E-state index in [-0.39, 0.29) is 6.61 Å². The van der Waals surface area contributed by atoms with E-state index in [0.29, 0.717) is 13.0 Å². The highest BCUT2D eigenvalue weighted by Gasteiger charge is 2.12. The van der Waals surface area contributed by atoms with E-state index in [1.54, 1.807) is 0 Å². The molecule has 1 unspecified atom stereocenters. The molecule has 0 heterocycles. The largest absolute Gasteiger partial charge is 0.468 e. The summed E-state index contributed by atoms with van der Waals surface area (Å²) in [5, 5.41) is 2.65. The van der Waals surface area contributed by atoms with E-state index in [2.05, 4.69) is 10.1 Å². The van der Waals surface area contributed by atoms with E-state index in [1.165, 1.54) is 7.11 Å². The number of nitrogens with two attached hydrogens (primary N) is 1. The lowest BCUT2D eigenvalue weighted by Gasteiger charge is -2.09. The van der Waals surface area contributed by atoms with Gasteiger partial charge in [-0.05, 0) is 24.8 Å². The first kappa shape index (κ1) is 17.0. The van der Waals surface area contributed by atoms with Crippen molar-refractivity contribution in [2.45, 2.75) is 31.9 Å². The fraction of sp³-hybridized carbons (Fsp3) is 0.467. The lowest BCUT2D eigenvalue weighted by Crippen LogP contribution is -2.31. The second-order valence-corrected chi connectivity index (χ2v) is 4.61. The monoisotopic (exact) mass is 294 g/mol. The normalized spacial score (nSPS) is 11.5. The molecule has 0 radical (unpaired) electrons. The molecule has 1 amide bonds. The van der Waals surface area contributed by atoms with Crippen LogP contribution in [0.1, 0.15) is 24.8 Å². The van der Waals surface area contributed by atoms with E-state index in [0.717, 1.165) is 18.4 Å². The fourth-order valence-corrected chi connectivity index (χ4v) is 1.72. The number of benzene rings is 1. The lowest BCUT2D eigenvalue weighted by molar-refractivity contribution is -0.142. The van der Waals surface area contributed by atoms with Crippen molar-refractivity contribution in [3.8, 4) is 0 Å². The molecular formula is C15H22N2O4. The molecule has 116 valence electrons. The third-order valence-corrected chi connectivity index (χ3v) is 2.93. The molecule has 0 fully saturated rings. The predicted octanol–water partition coefficient (Wildman–Crippen LogP) is 1.58. The molecule has 0 spiro atoms. The molecule has 0 aliphatic rings. The van der Waals surface area contributed by atoms with Crippen molar-refractivity contribution in [1.29, 1.82) is 0 Å². The van der Waals surface area contributed by atoms with Crippen molar-refractivity contribution in [3.05, 3.63) is 35.9 Å². The number of rotatable bonds is 8. The van der Waals surface area contributed by atoms with Crippen LogP contribution in [0.2, 0.25) is 0 Å². The molecule has 0 bridgehead atoms. The number of nitrogens with one attached hydrogen (secondary N) is 1. The summed E-state index contributed by atoms with van der Waals surface area (Å²) in [7, 11) is 1.31. The molecule has 6 nitrogen and oxygen atoms in total. The number of carbonyl (C=O) groups excluding carboxylic acids is 2. The first-order chi connectivity index (χ1) is 10.1. The van der Waals surface area contributed by atoms with E-state index >= 15 is 0 Å². The highest BCUT2D eigenvalue weighted by atomic mass is 16.5. The first-order valence-electron chi connectivity index (χ1n) is 6.91. The van der Waals surface area contributed by atoms with E-state index in [4.69, 9.17) is 10.5 Å². The Balaban J connectivity index is 2.05. The van der Waals surface area contributed by atoms with Gasteiger partial charge in [0.25, 0.3) is 0 Å². The summed E-state index contributed by atoms with van der Waals surface area (Å²) < 4.78 is 9.59. The molecule has 0 aliphatic heterocycles. The topological polar surface area (TPSA) is 90.6 Å². The molecule has 1 atom stereocenters. The second-order valence-electron chi connectivity index (χ2n) is 4.61. The van der Waals surface area contributed by atoms with Gasteiger partial charge in [0.2, 0.25) is 0 Å². The highest BCUT2D eigenvalue weighted by Crippen LogP contribution is 2.02. The Labute approximate surface area is 124 Å². The summed E-state index contributed by atoms with van der Waals surface area (Å²) in [5.74, 6) is -0.412. The molecule has 0 saturated heterocycles. The van der Waals surface area contributed by atoms with Gasteiger partial charge in [0.15, 0.2) is 0 Å². The number of amides is 1. The van der Waals surface area contributed by atoms with Crippen LogP contribution in [0, 0.1) is 0 Å². The second kappa shape index (κ2) is 9.77. The number of carbonyl (C=O) groups is 2. The van der Waals surface area contributed by atoms with Gasteiger partial charge in [-0.2, -0.15) is 0 Å². The third kappa shape index (κ3) is 7.31. The maximum Gasteiger partial charge on any atom is 0.407 e. The number of esters is 1. The van der Waals surface area contributed by atoms with Gasteiger partial charge in [0, 0.05) is 6.54 Å². The maximum absolute atomic E-state index is 11.4.